The fourth-order valence-electron chi connectivity index (χ4n) is 4.02. The number of para-hydroxylation sites is 1. The van der Waals surface area contributed by atoms with Crippen LogP contribution in [0.2, 0.25) is 0 Å². The van der Waals surface area contributed by atoms with E-state index in [1.54, 1.807) is 24.3 Å². The monoisotopic (exact) mass is 405 g/mol. The zero-order chi connectivity index (χ0) is 21.5. The van der Waals surface area contributed by atoms with E-state index in [1.807, 2.05) is 12.1 Å². The minimum atomic E-state index is -0.616. The fourth-order valence-corrected chi connectivity index (χ4v) is 4.02. The van der Waals surface area contributed by atoms with Gasteiger partial charge < -0.3 is 20.3 Å². The summed E-state index contributed by atoms with van der Waals surface area (Å²) in [7, 11) is 0. The second-order valence-electron chi connectivity index (χ2n) is 8.91. The van der Waals surface area contributed by atoms with Crippen LogP contribution in [0.5, 0.6) is 5.75 Å². The van der Waals surface area contributed by atoms with Gasteiger partial charge in [-0.1, -0.05) is 30.3 Å². The number of aromatic nitrogens is 1. The first kappa shape index (κ1) is 20.0. The van der Waals surface area contributed by atoms with Gasteiger partial charge in [0.05, 0.1) is 0 Å². The Kier molecular flexibility index (Phi) is 5.02. The van der Waals surface area contributed by atoms with Gasteiger partial charge in [0.1, 0.15) is 17.8 Å². The molecule has 0 radical (unpaired) electrons. The lowest BCUT2D eigenvalue weighted by Gasteiger charge is -2.29. The number of benzene rings is 2. The number of nitrogens with one attached hydrogen (secondary N) is 2. The van der Waals surface area contributed by atoms with Crippen LogP contribution >= 0.6 is 0 Å². The molecule has 1 aromatic heterocycles. The maximum absolute atomic E-state index is 12.8. The molecule has 0 bridgehead atoms. The normalized spacial score (nSPS) is 19.6. The molecule has 3 aromatic rings. The van der Waals surface area contributed by atoms with Gasteiger partial charge in [0.15, 0.2) is 0 Å². The predicted molar refractivity (Wildman–Crippen MR) is 116 cm³/mol. The van der Waals surface area contributed by atoms with Gasteiger partial charge in [-0.15, -0.1) is 0 Å². The molecule has 2 aromatic carbocycles. The lowest BCUT2D eigenvalue weighted by atomic mass is 9.98. The molecule has 1 aliphatic rings. The number of amides is 2. The van der Waals surface area contributed by atoms with Crippen molar-refractivity contribution in [2.24, 2.45) is 0 Å². The average Bonchev–Trinajstić information content (AvgIpc) is 3.06. The molecule has 0 spiro atoms. The van der Waals surface area contributed by atoms with E-state index in [0.29, 0.717) is 12.8 Å². The van der Waals surface area contributed by atoms with Crippen molar-refractivity contribution in [3.8, 4) is 5.75 Å². The lowest BCUT2D eigenvalue weighted by Crippen LogP contribution is -2.62. The van der Waals surface area contributed by atoms with Gasteiger partial charge in [-0.25, -0.2) is 0 Å². The highest BCUT2D eigenvalue weighted by Crippen LogP contribution is 2.28. The fraction of sp³-hybridized carbons (Fsp3) is 0.333. The van der Waals surface area contributed by atoms with Crippen molar-refractivity contribution >= 4 is 22.7 Å². The second-order valence-corrected chi connectivity index (χ2v) is 8.91. The Hall–Kier alpha value is -3.28. The molecule has 156 valence electrons. The van der Waals surface area contributed by atoms with Crippen LogP contribution in [0.1, 0.15) is 31.9 Å². The first-order valence-electron chi connectivity index (χ1n) is 10.2. The standard InChI is InChI=1S/C24H27N3O3/c1-24(2,3)27-14-16(18-6-4-5-7-21(18)27)13-20-23(30)25-19(22(29)26-20)12-15-8-10-17(28)11-9-15/h4-11,14,19-20,28H,12-13H2,1-3H3,(H,25,30)(H,26,29)/t19-,20+/m0/s1. The van der Waals surface area contributed by atoms with Gasteiger partial charge in [-0.3, -0.25) is 9.59 Å². The molecule has 2 amide bonds. The molecule has 6 nitrogen and oxygen atoms in total. The molecule has 0 unspecified atom stereocenters. The second kappa shape index (κ2) is 7.52. The average molecular weight is 405 g/mol. The van der Waals surface area contributed by atoms with Gasteiger partial charge in [0.25, 0.3) is 0 Å². The summed E-state index contributed by atoms with van der Waals surface area (Å²) in [5.41, 5.74) is 2.94. The van der Waals surface area contributed by atoms with Crippen LogP contribution in [0.3, 0.4) is 0 Å². The topological polar surface area (TPSA) is 83.4 Å². The molecule has 0 aliphatic carbocycles. The smallest absolute Gasteiger partial charge is 0.243 e. The predicted octanol–water partition coefficient (Wildman–Crippen LogP) is 2.87. The van der Waals surface area contributed by atoms with E-state index in [2.05, 4.69) is 54.3 Å². The third kappa shape index (κ3) is 3.90. The van der Waals surface area contributed by atoms with E-state index in [0.717, 1.165) is 22.0 Å². The van der Waals surface area contributed by atoms with Gasteiger partial charge in [0, 0.05) is 35.5 Å². The molecule has 4 rings (SSSR count). The molecule has 30 heavy (non-hydrogen) atoms. The highest BCUT2D eigenvalue weighted by Gasteiger charge is 2.34. The molecule has 1 fully saturated rings. The number of aromatic hydroxyl groups is 1. The minimum absolute atomic E-state index is 0.0921. The molecule has 6 heteroatoms. The molecule has 3 N–H and O–H groups in total. The number of carbonyl (C=O) groups is 2. The van der Waals surface area contributed by atoms with E-state index in [1.165, 1.54) is 0 Å². The lowest BCUT2D eigenvalue weighted by molar-refractivity contribution is -0.136. The number of piperazine rings is 1. The summed E-state index contributed by atoms with van der Waals surface area (Å²) < 4.78 is 2.22. The van der Waals surface area contributed by atoms with Crippen molar-refractivity contribution in [2.45, 2.75) is 51.2 Å². The Bertz CT molecular complexity index is 1090. The van der Waals surface area contributed by atoms with Crippen molar-refractivity contribution in [3.63, 3.8) is 0 Å². The highest BCUT2D eigenvalue weighted by atomic mass is 16.3. The summed E-state index contributed by atoms with van der Waals surface area (Å²) >= 11 is 0. The maximum Gasteiger partial charge on any atom is 0.243 e. The zero-order valence-corrected chi connectivity index (χ0v) is 17.5. The molecular weight excluding hydrogens is 378 g/mol. The van der Waals surface area contributed by atoms with Crippen molar-refractivity contribution in [1.82, 2.24) is 15.2 Å². The largest absolute Gasteiger partial charge is 0.508 e. The molecule has 0 saturated carbocycles. The molecule has 1 saturated heterocycles. The van der Waals surface area contributed by atoms with E-state index in [-0.39, 0.29) is 23.1 Å². The van der Waals surface area contributed by atoms with Crippen LogP contribution in [-0.4, -0.2) is 33.6 Å². The quantitative estimate of drug-likeness (QED) is 0.624. The number of rotatable bonds is 4. The summed E-state index contributed by atoms with van der Waals surface area (Å²) in [5, 5.41) is 16.3. The Labute approximate surface area is 175 Å². The number of hydrogen-bond donors (Lipinski definition) is 3. The summed E-state index contributed by atoms with van der Waals surface area (Å²) in [6.45, 7) is 6.44. The Morgan fingerprint density at radius 3 is 2.13 bits per heavy atom. The van der Waals surface area contributed by atoms with Gasteiger partial charge >= 0.3 is 0 Å². The van der Waals surface area contributed by atoms with E-state index in [9.17, 15) is 14.7 Å². The number of nitrogens with zero attached hydrogens (tertiary/aromatic N) is 1. The summed E-state index contributed by atoms with van der Waals surface area (Å²) in [4.78, 5) is 25.4. The summed E-state index contributed by atoms with van der Waals surface area (Å²) in [6.07, 6.45) is 2.91. The van der Waals surface area contributed by atoms with Crippen molar-refractivity contribution in [2.75, 3.05) is 0 Å². The van der Waals surface area contributed by atoms with Crippen molar-refractivity contribution in [1.29, 1.82) is 0 Å². The maximum atomic E-state index is 12.8. The number of fused-ring (bicyclic) bond motifs is 1. The van der Waals surface area contributed by atoms with E-state index >= 15 is 0 Å². The molecule has 2 heterocycles. The van der Waals surface area contributed by atoms with Crippen LogP contribution in [0.15, 0.2) is 54.7 Å². The van der Waals surface area contributed by atoms with E-state index < -0.39 is 12.1 Å². The van der Waals surface area contributed by atoms with Crippen LogP contribution in [0, 0.1) is 0 Å². The SMILES string of the molecule is CC(C)(C)n1cc(C[C@H]2NC(=O)[C@H](Cc3ccc(O)cc3)NC2=O)c2ccccc21. The number of phenolic OH excluding ortho intramolecular Hbond substituents is 1. The third-order valence-electron chi connectivity index (χ3n) is 5.58. The first-order valence-corrected chi connectivity index (χ1v) is 10.2. The highest BCUT2D eigenvalue weighted by molar-refractivity contribution is 5.97. The van der Waals surface area contributed by atoms with Crippen molar-refractivity contribution < 1.29 is 14.7 Å². The summed E-state index contributed by atoms with van der Waals surface area (Å²) in [5.74, 6) is -0.191. The zero-order valence-electron chi connectivity index (χ0n) is 17.5. The molecular formula is C24H27N3O3. The van der Waals surface area contributed by atoms with Crippen molar-refractivity contribution in [3.05, 3.63) is 65.9 Å². The number of phenols is 1. The van der Waals surface area contributed by atoms with Crippen LogP contribution < -0.4 is 10.6 Å². The Balaban J connectivity index is 1.52. The minimum Gasteiger partial charge on any atom is -0.508 e. The molecule has 1 aliphatic heterocycles. The Morgan fingerprint density at radius 2 is 1.50 bits per heavy atom. The van der Waals surface area contributed by atoms with Gasteiger partial charge in [0.2, 0.25) is 11.8 Å². The van der Waals surface area contributed by atoms with Crippen LogP contribution in [0.4, 0.5) is 0 Å². The Morgan fingerprint density at radius 1 is 0.900 bits per heavy atom. The van der Waals surface area contributed by atoms with Gasteiger partial charge in [-0.2, -0.15) is 0 Å². The first-order chi connectivity index (χ1) is 14.2. The van der Waals surface area contributed by atoms with Gasteiger partial charge in [-0.05, 0) is 50.1 Å². The van der Waals surface area contributed by atoms with Crippen LogP contribution in [-0.2, 0) is 28.0 Å². The summed E-state index contributed by atoms with van der Waals surface area (Å²) in [6, 6.07) is 13.6. The van der Waals surface area contributed by atoms with E-state index in [4.69, 9.17) is 0 Å². The third-order valence-corrected chi connectivity index (χ3v) is 5.58. The number of hydrogen-bond acceptors (Lipinski definition) is 3. The van der Waals surface area contributed by atoms with Crippen LogP contribution in [0.25, 0.3) is 10.9 Å². The number of carbonyl (C=O) groups excluding carboxylic acids is 2. The molecule has 2 atom stereocenters.